The van der Waals surface area contributed by atoms with Crippen molar-refractivity contribution >= 4 is 22.6 Å². The first-order chi connectivity index (χ1) is 8.68. The summed E-state index contributed by atoms with van der Waals surface area (Å²) in [6.45, 7) is 0. The number of aryl methyl sites for hydroxylation is 1. The van der Waals surface area contributed by atoms with Crippen LogP contribution in [0.25, 0.3) is 16.9 Å². The van der Waals surface area contributed by atoms with Gasteiger partial charge in [0.1, 0.15) is 5.39 Å². The van der Waals surface area contributed by atoms with Crippen molar-refractivity contribution in [2.45, 2.75) is 0 Å². The number of halogens is 1. The molecule has 7 heteroatoms. The molecule has 6 nitrogen and oxygen atoms in total. The van der Waals surface area contributed by atoms with Gasteiger partial charge in [0.15, 0.2) is 11.5 Å². The number of pyridine rings is 1. The molecule has 0 fully saturated rings. The molecule has 0 atom stereocenters. The predicted octanol–water partition coefficient (Wildman–Crippen LogP) is 1.17. The number of rotatable bonds is 1. The molecule has 0 saturated carbocycles. The highest BCUT2D eigenvalue weighted by atomic mass is 35.5. The molecule has 3 aromatic heterocycles. The lowest BCUT2D eigenvalue weighted by molar-refractivity contribution is 0.647. The molecule has 0 saturated heterocycles. The average molecular weight is 262 g/mol. The monoisotopic (exact) mass is 261 g/mol. The quantitative estimate of drug-likeness (QED) is 0.617. The SMILES string of the molecule is Cn1c2nc(Cl)ncc2c(=O)n1-c1ccccn1. The fraction of sp³-hybridized carbons (Fsp3) is 0.0909. The molecule has 0 radical (unpaired) electrons. The van der Waals surface area contributed by atoms with Crippen LogP contribution in [-0.4, -0.2) is 24.3 Å². The van der Waals surface area contributed by atoms with Crippen molar-refractivity contribution in [3.63, 3.8) is 0 Å². The highest BCUT2D eigenvalue weighted by Crippen LogP contribution is 2.11. The van der Waals surface area contributed by atoms with Crippen molar-refractivity contribution in [2.24, 2.45) is 7.05 Å². The Morgan fingerprint density at radius 2 is 2.11 bits per heavy atom. The minimum absolute atomic E-state index is 0.108. The smallest absolute Gasteiger partial charge is 0.266 e. The zero-order valence-electron chi connectivity index (χ0n) is 9.41. The van der Waals surface area contributed by atoms with Gasteiger partial charge >= 0.3 is 0 Å². The fourth-order valence-electron chi connectivity index (χ4n) is 1.83. The van der Waals surface area contributed by atoms with Crippen LogP contribution in [0.3, 0.4) is 0 Å². The molecule has 0 bridgehead atoms. The van der Waals surface area contributed by atoms with Crippen molar-refractivity contribution in [3.8, 4) is 5.82 Å². The largest absolute Gasteiger partial charge is 0.283 e. The first-order valence-electron chi connectivity index (χ1n) is 5.20. The van der Waals surface area contributed by atoms with Crippen molar-refractivity contribution in [3.05, 3.63) is 46.2 Å². The molecule has 0 aliphatic carbocycles. The zero-order chi connectivity index (χ0) is 12.7. The molecule has 3 rings (SSSR count). The third-order valence-corrected chi connectivity index (χ3v) is 2.82. The summed E-state index contributed by atoms with van der Waals surface area (Å²) in [6.07, 6.45) is 3.05. The van der Waals surface area contributed by atoms with E-state index in [1.165, 1.54) is 10.9 Å². The summed E-state index contributed by atoms with van der Waals surface area (Å²) >= 11 is 5.74. The van der Waals surface area contributed by atoms with Crippen LogP contribution >= 0.6 is 11.6 Å². The van der Waals surface area contributed by atoms with E-state index < -0.39 is 0 Å². The lowest BCUT2D eigenvalue weighted by atomic mass is 10.4. The fourth-order valence-corrected chi connectivity index (χ4v) is 1.96. The van der Waals surface area contributed by atoms with Crippen LogP contribution < -0.4 is 5.56 Å². The molecule has 0 aliphatic heterocycles. The Bertz CT molecular complexity index is 777. The first-order valence-corrected chi connectivity index (χ1v) is 5.58. The van der Waals surface area contributed by atoms with Gasteiger partial charge in [0, 0.05) is 19.4 Å². The first kappa shape index (κ1) is 10.9. The van der Waals surface area contributed by atoms with Crippen LogP contribution in [-0.2, 0) is 7.05 Å². The number of aromatic nitrogens is 5. The topological polar surface area (TPSA) is 65.6 Å². The third kappa shape index (κ3) is 1.50. The van der Waals surface area contributed by atoms with Gasteiger partial charge in [-0.2, -0.15) is 9.67 Å². The second-order valence-corrected chi connectivity index (χ2v) is 4.04. The summed E-state index contributed by atoms with van der Waals surface area (Å²) < 4.78 is 3.03. The molecule has 3 aromatic rings. The Hall–Kier alpha value is -2.21. The molecule has 18 heavy (non-hydrogen) atoms. The standard InChI is InChI=1S/C11H8ClN5O/c1-16-9-7(6-14-11(12)15-9)10(18)17(16)8-4-2-3-5-13-8/h2-6H,1H3. The Kier molecular flexibility index (Phi) is 2.38. The Labute approximate surface area is 106 Å². The summed E-state index contributed by atoms with van der Waals surface area (Å²) in [5.74, 6) is 0.527. The van der Waals surface area contributed by atoms with E-state index in [0.717, 1.165) is 0 Å². The van der Waals surface area contributed by atoms with Crippen LogP contribution in [0, 0.1) is 0 Å². The summed E-state index contributed by atoms with van der Waals surface area (Å²) in [4.78, 5) is 24.3. The molecule has 0 unspecified atom stereocenters. The van der Waals surface area contributed by atoms with Gasteiger partial charge in [-0.25, -0.2) is 9.97 Å². The van der Waals surface area contributed by atoms with Crippen LogP contribution in [0.1, 0.15) is 0 Å². The normalized spacial score (nSPS) is 11.0. The van der Waals surface area contributed by atoms with E-state index in [-0.39, 0.29) is 10.8 Å². The highest BCUT2D eigenvalue weighted by molar-refractivity contribution is 6.28. The van der Waals surface area contributed by atoms with E-state index >= 15 is 0 Å². The lowest BCUT2D eigenvalue weighted by Gasteiger charge is -2.04. The average Bonchev–Trinajstić information content (AvgIpc) is 2.63. The molecule has 0 spiro atoms. The van der Waals surface area contributed by atoms with Crippen LogP contribution in [0.2, 0.25) is 5.28 Å². The van der Waals surface area contributed by atoms with Crippen LogP contribution in [0.4, 0.5) is 0 Å². The predicted molar refractivity (Wildman–Crippen MR) is 66.9 cm³/mol. The maximum absolute atomic E-state index is 12.2. The van der Waals surface area contributed by atoms with E-state index in [0.29, 0.717) is 16.9 Å². The number of fused-ring (bicyclic) bond motifs is 1. The van der Waals surface area contributed by atoms with Crippen molar-refractivity contribution < 1.29 is 0 Å². The van der Waals surface area contributed by atoms with E-state index in [4.69, 9.17) is 11.6 Å². The Morgan fingerprint density at radius 1 is 1.28 bits per heavy atom. The summed E-state index contributed by atoms with van der Waals surface area (Å²) in [5, 5.41) is 0.517. The molecule has 0 N–H and O–H groups in total. The van der Waals surface area contributed by atoms with Gasteiger partial charge in [-0.3, -0.25) is 9.48 Å². The van der Waals surface area contributed by atoms with Gasteiger partial charge in [0.25, 0.3) is 5.56 Å². The van der Waals surface area contributed by atoms with E-state index in [2.05, 4.69) is 15.0 Å². The van der Waals surface area contributed by atoms with Gasteiger partial charge in [0.2, 0.25) is 5.28 Å². The van der Waals surface area contributed by atoms with Gasteiger partial charge in [-0.05, 0) is 23.7 Å². The molecule has 90 valence electrons. The second-order valence-electron chi connectivity index (χ2n) is 3.70. The Morgan fingerprint density at radius 3 is 2.83 bits per heavy atom. The van der Waals surface area contributed by atoms with Crippen molar-refractivity contribution in [1.82, 2.24) is 24.3 Å². The van der Waals surface area contributed by atoms with Gasteiger partial charge < -0.3 is 0 Å². The van der Waals surface area contributed by atoms with Crippen molar-refractivity contribution in [2.75, 3.05) is 0 Å². The lowest BCUT2D eigenvalue weighted by Crippen LogP contribution is -2.20. The maximum atomic E-state index is 12.2. The molecule has 0 aliphatic rings. The van der Waals surface area contributed by atoms with Gasteiger partial charge in [-0.15, -0.1) is 0 Å². The molecular weight excluding hydrogens is 254 g/mol. The zero-order valence-corrected chi connectivity index (χ0v) is 10.2. The van der Waals surface area contributed by atoms with Crippen LogP contribution in [0.15, 0.2) is 35.4 Å². The number of nitrogens with zero attached hydrogens (tertiary/aromatic N) is 5. The summed E-state index contributed by atoms with van der Waals surface area (Å²) in [5.41, 5.74) is 0.258. The van der Waals surface area contributed by atoms with Crippen molar-refractivity contribution in [1.29, 1.82) is 0 Å². The number of hydrogen-bond donors (Lipinski definition) is 0. The van der Waals surface area contributed by atoms with E-state index in [9.17, 15) is 4.79 Å². The Balaban J connectivity index is 2.41. The second kappa shape index (κ2) is 3.92. The van der Waals surface area contributed by atoms with Gasteiger partial charge in [-0.1, -0.05) is 6.07 Å². The summed E-state index contributed by atoms with van der Waals surface area (Å²) in [6, 6.07) is 5.34. The number of hydrogen-bond acceptors (Lipinski definition) is 4. The molecule has 0 amide bonds. The maximum Gasteiger partial charge on any atom is 0.283 e. The minimum Gasteiger partial charge on any atom is -0.266 e. The molecule has 0 aromatic carbocycles. The van der Waals surface area contributed by atoms with E-state index in [1.54, 1.807) is 30.1 Å². The molecular formula is C11H8ClN5O. The van der Waals surface area contributed by atoms with E-state index in [1.807, 2.05) is 6.07 Å². The third-order valence-electron chi connectivity index (χ3n) is 2.63. The van der Waals surface area contributed by atoms with Gasteiger partial charge in [0.05, 0.1) is 0 Å². The highest BCUT2D eigenvalue weighted by Gasteiger charge is 2.14. The summed E-state index contributed by atoms with van der Waals surface area (Å²) in [7, 11) is 1.72. The van der Waals surface area contributed by atoms with Crippen LogP contribution in [0.5, 0.6) is 0 Å². The molecule has 3 heterocycles. The minimum atomic E-state index is -0.220.